The van der Waals surface area contributed by atoms with Crippen LogP contribution in [0.5, 0.6) is 0 Å². The molecule has 3 rings (SSSR count). The number of nitrogens with zero attached hydrogens (tertiary/aromatic N) is 3. The first-order chi connectivity index (χ1) is 12.5. The standard InChI is InChI=1S/C16H16BrN5O3S/c17-12-4-3-5-13(10-12)26(24,25)19-8-7-16(23)18-11-15-21-20-14-6-1-2-9-22(14)15/h1-6,9-10,19H,7-8,11H2,(H,18,23). The van der Waals surface area contributed by atoms with Crippen molar-refractivity contribution in [3.05, 3.63) is 59.0 Å². The highest BCUT2D eigenvalue weighted by molar-refractivity contribution is 9.10. The molecule has 1 amide bonds. The number of hydrogen-bond acceptors (Lipinski definition) is 5. The van der Waals surface area contributed by atoms with E-state index in [0.717, 1.165) is 0 Å². The van der Waals surface area contributed by atoms with Crippen LogP contribution in [0.2, 0.25) is 0 Å². The smallest absolute Gasteiger partial charge is 0.240 e. The summed E-state index contributed by atoms with van der Waals surface area (Å²) in [7, 11) is -3.65. The predicted molar refractivity (Wildman–Crippen MR) is 98.8 cm³/mol. The molecule has 0 aliphatic heterocycles. The van der Waals surface area contributed by atoms with E-state index in [1.165, 1.54) is 12.1 Å². The molecule has 10 heteroatoms. The lowest BCUT2D eigenvalue weighted by atomic mass is 10.4. The summed E-state index contributed by atoms with van der Waals surface area (Å²) in [6, 6.07) is 11.9. The van der Waals surface area contributed by atoms with E-state index in [-0.39, 0.29) is 30.3 Å². The Labute approximate surface area is 158 Å². The first-order valence-corrected chi connectivity index (χ1v) is 10.0. The summed E-state index contributed by atoms with van der Waals surface area (Å²) in [5, 5.41) is 10.7. The number of carbonyl (C=O) groups excluding carboxylic acids is 1. The minimum atomic E-state index is -3.65. The lowest BCUT2D eigenvalue weighted by molar-refractivity contribution is -0.121. The number of pyridine rings is 1. The SMILES string of the molecule is O=C(CCNS(=O)(=O)c1cccc(Br)c1)NCc1nnc2ccccn12. The van der Waals surface area contributed by atoms with Crippen LogP contribution in [0.3, 0.4) is 0 Å². The van der Waals surface area contributed by atoms with Gasteiger partial charge in [-0.25, -0.2) is 13.1 Å². The van der Waals surface area contributed by atoms with Crippen LogP contribution in [0.4, 0.5) is 0 Å². The van der Waals surface area contributed by atoms with E-state index in [2.05, 4.69) is 36.2 Å². The number of benzene rings is 1. The zero-order chi connectivity index (χ0) is 18.6. The van der Waals surface area contributed by atoms with Crippen molar-refractivity contribution in [3.63, 3.8) is 0 Å². The number of amides is 1. The van der Waals surface area contributed by atoms with Gasteiger partial charge in [-0.05, 0) is 30.3 Å². The average Bonchev–Trinajstić information content (AvgIpc) is 3.03. The second-order valence-electron chi connectivity index (χ2n) is 5.43. The monoisotopic (exact) mass is 437 g/mol. The van der Waals surface area contributed by atoms with Crippen LogP contribution >= 0.6 is 15.9 Å². The average molecular weight is 438 g/mol. The number of nitrogens with one attached hydrogen (secondary N) is 2. The van der Waals surface area contributed by atoms with Gasteiger partial charge < -0.3 is 5.32 Å². The van der Waals surface area contributed by atoms with Crippen molar-refractivity contribution in [1.82, 2.24) is 24.6 Å². The van der Waals surface area contributed by atoms with Gasteiger partial charge in [0.25, 0.3) is 0 Å². The Morgan fingerprint density at radius 3 is 2.81 bits per heavy atom. The molecule has 26 heavy (non-hydrogen) atoms. The third kappa shape index (κ3) is 4.45. The third-order valence-electron chi connectivity index (χ3n) is 3.58. The molecule has 2 heterocycles. The minimum Gasteiger partial charge on any atom is -0.349 e. The van der Waals surface area contributed by atoms with E-state index in [9.17, 15) is 13.2 Å². The Hall–Kier alpha value is -2.30. The maximum Gasteiger partial charge on any atom is 0.240 e. The molecule has 0 saturated heterocycles. The first-order valence-electron chi connectivity index (χ1n) is 7.76. The van der Waals surface area contributed by atoms with Crippen LogP contribution in [-0.4, -0.2) is 35.5 Å². The van der Waals surface area contributed by atoms with E-state index < -0.39 is 10.0 Å². The molecule has 0 unspecified atom stereocenters. The molecule has 0 fully saturated rings. The van der Waals surface area contributed by atoms with Gasteiger partial charge in [-0.3, -0.25) is 9.20 Å². The van der Waals surface area contributed by atoms with Gasteiger partial charge in [0.2, 0.25) is 15.9 Å². The van der Waals surface area contributed by atoms with Gasteiger partial charge in [0.05, 0.1) is 11.4 Å². The molecule has 0 aliphatic carbocycles. The molecule has 3 aromatic rings. The molecular weight excluding hydrogens is 422 g/mol. The number of aromatic nitrogens is 3. The number of halogens is 1. The second-order valence-corrected chi connectivity index (χ2v) is 8.11. The number of sulfonamides is 1. The van der Waals surface area contributed by atoms with Gasteiger partial charge in [-0.2, -0.15) is 0 Å². The van der Waals surface area contributed by atoms with Crippen molar-refractivity contribution in [2.24, 2.45) is 0 Å². The zero-order valence-corrected chi connectivity index (χ0v) is 16.0. The lowest BCUT2D eigenvalue weighted by Crippen LogP contribution is -2.31. The number of hydrogen-bond donors (Lipinski definition) is 2. The summed E-state index contributed by atoms with van der Waals surface area (Å²) in [6.07, 6.45) is 1.83. The molecule has 0 aliphatic rings. The van der Waals surface area contributed by atoms with Crippen LogP contribution in [0, 0.1) is 0 Å². The fourth-order valence-corrected chi connectivity index (χ4v) is 3.92. The van der Waals surface area contributed by atoms with Crippen LogP contribution in [-0.2, 0) is 21.4 Å². The van der Waals surface area contributed by atoms with E-state index in [1.54, 1.807) is 16.5 Å². The highest BCUT2D eigenvalue weighted by Gasteiger charge is 2.14. The number of rotatable bonds is 7. The molecule has 2 aromatic heterocycles. The van der Waals surface area contributed by atoms with E-state index in [4.69, 9.17) is 0 Å². The first kappa shape index (κ1) is 18.5. The summed E-state index contributed by atoms with van der Waals surface area (Å²) in [5.74, 6) is 0.318. The van der Waals surface area contributed by atoms with Crippen molar-refractivity contribution in [2.75, 3.05) is 6.54 Å². The summed E-state index contributed by atoms with van der Waals surface area (Å²) in [4.78, 5) is 12.1. The summed E-state index contributed by atoms with van der Waals surface area (Å²) in [5.41, 5.74) is 0.693. The fourth-order valence-electron chi connectivity index (χ4n) is 2.29. The van der Waals surface area contributed by atoms with Gasteiger partial charge >= 0.3 is 0 Å². The second kappa shape index (κ2) is 7.94. The van der Waals surface area contributed by atoms with Gasteiger partial charge in [-0.15, -0.1) is 10.2 Å². The summed E-state index contributed by atoms with van der Waals surface area (Å²) < 4.78 is 29.2. The largest absolute Gasteiger partial charge is 0.349 e. The highest BCUT2D eigenvalue weighted by atomic mass is 79.9. The molecule has 1 aromatic carbocycles. The molecular formula is C16H16BrN5O3S. The normalized spacial score (nSPS) is 11.6. The maximum atomic E-state index is 12.2. The topological polar surface area (TPSA) is 105 Å². The maximum absolute atomic E-state index is 12.2. The van der Waals surface area contributed by atoms with Crippen molar-refractivity contribution in [2.45, 2.75) is 17.9 Å². The number of fused-ring (bicyclic) bond motifs is 1. The zero-order valence-electron chi connectivity index (χ0n) is 13.6. The quantitative estimate of drug-likeness (QED) is 0.582. The van der Waals surface area contributed by atoms with Crippen LogP contribution in [0.25, 0.3) is 5.65 Å². The summed E-state index contributed by atoms with van der Waals surface area (Å²) >= 11 is 3.23. The molecule has 0 bridgehead atoms. The Balaban J connectivity index is 1.50. The Morgan fingerprint density at radius 1 is 1.15 bits per heavy atom. The predicted octanol–water partition coefficient (Wildman–Crippen LogP) is 1.48. The van der Waals surface area contributed by atoms with Gasteiger partial charge in [-0.1, -0.05) is 28.1 Å². The third-order valence-corrected chi connectivity index (χ3v) is 5.53. The van der Waals surface area contributed by atoms with Gasteiger partial charge in [0, 0.05) is 23.6 Å². The molecule has 2 N–H and O–H groups in total. The molecule has 0 atom stereocenters. The summed E-state index contributed by atoms with van der Waals surface area (Å²) in [6.45, 7) is 0.212. The Bertz CT molecular complexity index is 1040. The van der Waals surface area contributed by atoms with Crippen molar-refractivity contribution < 1.29 is 13.2 Å². The van der Waals surface area contributed by atoms with Crippen LogP contribution in [0.15, 0.2) is 58.0 Å². The lowest BCUT2D eigenvalue weighted by Gasteiger charge is -2.07. The van der Waals surface area contributed by atoms with Crippen molar-refractivity contribution in [1.29, 1.82) is 0 Å². The van der Waals surface area contributed by atoms with Gasteiger partial charge in [0.15, 0.2) is 11.5 Å². The molecule has 136 valence electrons. The molecule has 0 saturated carbocycles. The van der Waals surface area contributed by atoms with Crippen molar-refractivity contribution >= 4 is 37.5 Å². The minimum absolute atomic E-state index is 0.00125. The highest BCUT2D eigenvalue weighted by Crippen LogP contribution is 2.15. The van der Waals surface area contributed by atoms with E-state index in [0.29, 0.717) is 15.9 Å². The Kier molecular flexibility index (Phi) is 5.64. The van der Waals surface area contributed by atoms with Crippen LogP contribution < -0.4 is 10.0 Å². The van der Waals surface area contributed by atoms with E-state index in [1.807, 2.05) is 24.4 Å². The Morgan fingerprint density at radius 2 is 2.00 bits per heavy atom. The van der Waals surface area contributed by atoms with Crippen LogP contribution in [0.1, 0.15) is 12.2 Å². The van der Waals surface area contributed by atoms with Crippen molar-refractivity contribution in [3.8, 4) is 0 Å². The van der Waals surface area contributed by atoms with Gasteiger partial charge in [0.1, 0.15) is 0 Å². The van der Waals surface area contributed by atoms with E-state index >= 15 is 0 Å². The molecule has 8 nitrogen and oxygen atoms in total. The molecule has 0 spiro atoms. The number of carbonyl (C=O) groups is 1. The molecule has 0 radical (unpaired) electrons. The fraction of sp³-hybridized carbons (Fsp3) is 0.188.